The summed E-state index contributed by atoms with van der Waals surface area (Å²) in [5.74, 6) is -0.267. The topological polar surface area (TPSA) is 63.4 Å². The van der Waals surface area contributed by atoms with Gasteiger partial charge in [-0.2, -0.15) is 0 Å². The summed E-state index contributed by atoms with van der Waals surface area (Å²) in [6, 6.07) is 6.48. The summed E-state index contributed by atoms with van der Waals surface area (Å²) < 4.78 is 0. The molecule has 4 nitrogen and oxygen atoms in total. The molecular weight excluding hydrogens is 192 g/mol. The molecule has 0 aliphatic carbocycles. The van der Waals surface area contributed by atoms with E-state index in [1.807, 2.05) is 12.1 Å². The number of imide groups is 1. The number of amides is 3. The van der Waals surface area contributed by atoms with Crippen molar-refractivity contribution < 1.29 is 9.59 Å². The van der Waals surface area contributed by atoms with Crippen molar-refractivity contribution in [2.75, 3.05) is 4.90 Å². The lowest BCUT2D eigenvalue weighted by atomic mass is 9.86. The van der Waals surface area contributed by atoms with Gasteiger partial charge in [-0.3, -0.25) is 4.79 Å². The molecule has 1 heterocycles. The molecule has 2 N–H and O–H groups in total. The summed E-state index contributed by atoms with van der Waals surface area (Å²) in [4.78, 5) is 24.2. The van der Waals surface area contributed by atoms with Gasteiger partial charge in [0.2, 0.25) is 5.91 Å². The molecule has 1 aliphatic heterocycles. The highest BCUT2D eigenvalue weighted by molar-refractivity contribution is 6.21. The van der Waals surface area contributed by atoms with E-state index in [0.717, 1.165) is 10.5 Å². The first-order valence-corrected chi connectivity index (χ1v) is 4.70. The van der Waals surface area contributed by atoms with Crippen molar-refractivity contribution in [3.8, 4) is 0 Å². The highest BCUT2D eigenvalue weighted by atomic mass is 16.2. The molecular formula is C11H12N2O2. The van der Waals surface area contributed by atoms with Crippen LogP contribution in [0.5, 0.6) is 0 Å². The number of nitrogens with zero attached hydrogens (tertiary/aromatic N) is 1. The SMILES string of the molecule is CC1(C)C(=O)N(C(N)=O)c2ccccc21. The summed E-state index contributed by atoms with van der Waals surface area (Å²) in [5, 5.41) is 0. The Bertz CT molecular complexity index is 452. The maximum Gasteiger partial charge on any atom is 0.326 e. The van der Waals surface area contributed by atoms with Crippen LogP contribution in [0.3, 0.4) is 0 Å². The molecule has 1 aromatic rings. The van der Waals surface area contributed by atoms with Crippen LogP contribution in [-0.4, -0.2) is 11.9 Å². The predicted molar refractivity (Wildman–Crippen MR) is 56.5 cm³/mol. The second kappa shape index (κ2) is 2.82. The first-order valence-electron chi connectivity index (χ1n) is 4.70. The number of para-hydroxylation sites is 1. The number of nitrogens with two attached hydrogens (primary N) is 1. The van der Waals surface area contributed by atoms with Crippen LogP contribution in [0.15, 0.2) is 24.3 Å². The Kier molecular flexibility index (Phi) is 1.83. The Morgan fingerprint density at radius 3 is 2.53 bits per heavy atom. The van der Waals surface area contributed by atoms with Crippen LogP contribution in [0, 0.1) is 0 Å². The zero-order valence-electron chi connectivity index (χ0n) is 8.65. The van der Waals surface area contributed by atoms with Crippen molar-refractivity contribution in [1.82, 2.24) is 0 Å². The van der Waals surface area contributed by atoms with E-state index in [9.17, 15) is 9.59 Å². The first kappa shape index (κ1) is 9.71. The summed E-state index contributed by atoms with van der Waals surface area (Å²) in [5.41, 5.74) is 5.95. The summed E-state index contributed by atoms with van der Waals surface area (Å²) >= 11 is 0. The van der Waals surface area contributed by atoms with E-state index < -0.39 is 11.4 Å². The number of carbonyl (C=O) groups is 2. The Morgan fingerprint density at radius 2 is 1.93 bits per heavy atom. The van der Waals surface area contributed by atoms with E-state index in [1.54, 1.807) is 26.0 Å². The number of rotatable bonds is 0. The van der Waals surface area contributed by atoms with Crippen LogP contribution in [0.1, 0.15) is 19.4 Å². The van der Waals surface area contributed by atoms with Crippen LogP contribution < -0.4 is 10.6 Å². The second-order valence-corrected chi connectivity index (χ2v) is 4.12. The Morgan fingerprint density at radius 1 is 1.33 bits per heavy atom. The molecule has 3 amide bonds. The molecule has 0 unspecified atom stereocenters. The van der Waals surface area contributed by atoms with E-state index >= 15 is 0 Å². The van der Waals surface area contributed by atoms with E-state index in [-0.39, 0.29) is 5.91 Å². The molecule has 0 radical (unpaired) electrons. The molecule has 0 bridgehead atoms. The van der Waals surface area contributed by atoms with Gasteiger partial charge < -0.3 is 5.73 Å². The fourth-order valence-electron chi connectivity index (χ4n) is 1.92. The number of carbonyl (C=O) groups excluding carboxylic acids is 2. The largest absolute Gasteiger partial charge is 0.351 e. The molecule has 78 valence electrons. The smallest absolute Gasteiger partial charge is 0.326 e. The van der Waals surface area contributed by atoms with Gasteiger partial charge in [0.1, 0.15) is 0 Å². The normalized spacial score (nSPS) is 17.7. The van der Waals surface area contributed by atoms with Gasteiger partial charge in [-0.25, -0.2) is 9.69 Å². The molecule has 0 spiro atoms. The number of benzene rings is 1. The highest BCUT2D eigenvalue weighted by Gasteiger charge is 2.45. The molecule has 1 aliphatic rings. The van der Waals surface area contributed by atoms with Gasteiger partial charge in [0, 0.05) is 0 Å². The van der Waals surface area contributed by atoms with Gasteiger partial charge in [-0.05, 0) is 25.5 Å². The van der Waals surface area contributed by atoms with Gasteiger partial charge in [0.05, 0.1) is 11.1 Å². The maximum absolute atomic E-state index is 12.0. The van der Waals surface area contributed by atoms with Crippen molar-refractivity contribution >= 4 is 17.6 Å². The lowest BCUT2D eigenvalue weighted by Gasteiger charge is -2.16. The van der Waals surface area contributed by atoms with Gasteiger partial charge in [-0.1, -0.05) is 18.2 Å². The van der Waals surface area contributed by atoms with Crippen LogP contribution in [0.2, 0.25) is 0 Å². The average molecular weight is 204 g/mol. The zero-order valence-corrected chi connectivity index (χ0v) is 8.65. The first-order chi connectivity index (χ1) is 6.96. The Hall–Kier alpha value is -1.84. The molecule has 0 saturated heterocycles. The van der Waals surface area contributed by atoms with Gasteiger partial charge in [-0.15, -0.1) is 0 Å². The summed E-state index contributed by atoms with van der Waals surface area (Å²) in [6.07, 6.45) is 0. The summed E-state index contributed by atoms with van der Waals surface area (Å²) in [7, 11) is 0. The monoisotopic (exact) mass is 204 g/mol. The number of anilines is 1. The average Bonchev–Trinajstić information content (AvgIpc) is 2.36. The van der Waals surface area contributed by atoms with Crippen LogP contribution in [0.4, 0.5) is 10.5 Å². The minimum atomic E-state index is -0.724. The minimum Gasteiger partial charge on any atom is -0.351 e. The lowest BCUT2D eigenvalue weighted by Crippen LogP contribution is -2.43. The quantitative estimate of drug-likeness (QED) is 0.694. The third-order valence-electron chi connectivity index (χ3n) is 2.78. The second-order valence-electron chi connectivity index (χ2n) is 4.12. The predicted octanol–water partition coefficient (Wildman–Crippen LogP) is 1.39. The number of primary amides is 1. The van der Waals surface area contributed by atoms with Crippen molar-refractivity contribution in [2.24, 2.45) is 5.73 Å². The van der Waals surface area contributed by atoms with Gasteiger partial charge >= 0.3 is 6.03 Å². The van der Waals surface area contributed by atoms with Crippen molar-refractivity contribution in [1.29, 1.82) is 0 Å². The molecule has 0 atom stereocenters. The fourth-order valence-corrected chi connectivity index (χ4v) is 1.92. The van der Waals surface area contributed by atoms with Crippen LogP contribution >= 0.6 is 0 Å². The molecule has 2 rings (SSSR count). The van der Waals surface area contributed by atoms with Crippen molar-refractivity contribution in [3.63, 3.8) is 0 Å². The minimum absolute atomic E-state index is 0.267. The van der Waals surface area contributed by atoms with Crippen molar-refractivity contribution in [3.05, 3.63) is 29.8 Å². The van der Waals surface area contributed by atoms with Crippen molar-refractivity contribution in [2.45, 2.75) is 19.3 Å². The molecule has 0 fully saturated rings. The van der Waals surface area contributed by atoms with Crippen LogP contribution in [-0.2, 0) is 10.2 Å². The Labute approximate surface area is 87.7 Å². The third kappa shape index (κ3) is 1.14. The lowest BCUT2D eigenvalue weighted by molar-refractivity contribution is -0.121. The maximum atomic E-state index is 12.0. The number of fused-ring (bicyclic) bond motifs is 1. The number of hydrogen-bond donors (Lipinski definition) is 1. The number of hydrogen-bond acceptors (Lipinski definition) is 2. The highest BCUT2D eigenvalue weighted by Crippen LogP contribution is 2.40. The standard InChI is InChI=1S/C11H12N2O2/c1-11(2)7-5-3-4-6-8(7)13(9(11)14)10(12)15/h3-6H,1-2H3,(H2,12,15). The summed E-state index contributed by atoms with van der Waals surface area (Å²) in [6.45, 7) is 3.58. The van der Waals surface area contributed by atoms with E-state index in [2.05, 4.69) is 0 Å². The molecule has 4 heteroatoms. The zero-order chi connectivity index (χ0) is 11.2. The number of urea groups is 1. The van der Waals surface area contributed by atoms with Gasteiger partial charge in [0.25, 0.3) is 0 Å². The molecule has 0 saturated carbocycles. The Balaban J connectivity index is 2.67. The molecule has 0 aromatic heterocycles. The van der Waals surface area contributed by atoms with E-state index in [0.29, 0.717) is 5.69 Å². The van der Waals surface area contributed by atoms with Gasteiger partial charge in [0.15, 0.2) is 0 Å². The van der Waals surface area contributed by atoms with Crippen LogP contribution in [0.25, 0.3) is 0 Å². The van der Waals surface area contributed by atoms with E-state index in [4.69, 9.17) is 5.73 Å². The molecule has 1 aromatic carbocycles. The molecule has 15 heavy (non-hydrogen) atoms. The fraction of sp³-hybridized carbons (Fsp3) is 0.273. The third-order valence-corrected chi connectivity index (χ3v) is 2.78. The van der Waals surface area contributed by atoms with E-state index in [1.165, 1.54) is 0 Å².